The quantitative estimate of drug-likeness (QED) is 0.596. The lowest BCUT2D eigenvalue weighted by Gasteiger charge is -2.16. The van der Waals surface area contributed by atoms with Crippen LogP contribution in [0, 0.1) is 11.8 Å². The summed E-state index contributed by atoms with van der Waals surface area (Å²) in [5, 5.41) is 0. The van der Waals surface area contributed by atoms with E-state index in [9.17, 15) is 4.79 Å². The van der Waals surface area contributed by atoms with Crippen molar-refractivity contribution in [2.45, 2.75) is 33.6 Å². The third-order valence-corrected chi connectivity index (χ3v) is 2.89. The Morgan fingerprint density at radius 3 is 2.33 bits per heavy atom. The first-order valence-electron chi connectivity index (χ1n) is 4.59. The van der Waals surface area contributed by atoms with E-state index >= 15 is 0 Å². The summed E-state index contributed by atoms with van der Waals surface area (Å²) in [5.74, 6) is 2.32. The fraction of sp³-hybridized carbons (Fsp3) is 0.900. The van der Waals surface area contributed by atoms with Crippen molar-refractivity contribution in [2.75, 3.05) is 12.0 Å². The van der Waals surface area contributed by atoms with Gasteiger partial charge in [-0.3, -0.25) is 4.79 Å². The van der Waals surface area contributed by atoms with E-state index in [1.54, 1.807) is 6.92 Å². The maximum absolute atomic E-state index is 11.2. The van der Waals surface area contributed by atoms with Gasteiger partial charge in [-0.05, 0) is 37.7 Å². The van der Waals surface area contributed by atoms with Crippen LogP contribution in [0.1, 0.15) is 33.6 Å². The number of carbonyl (C=O) groups is 1. The number of rotatable bonds is 6. The zero-order valence-electron chi connectivity index (χ0n) is 8.59. The summed E-state index contributed by atoms with van der Waals surface area (Å²) in [5.41, 5.74) is 0. The summed E-state index contributed by atoms with van der Waals surface area (Å²) < 4.78 is 0. The van der Waals surface area contributed by atoms with Gasteiger partial charge in [0.15, 0.2) is 0 Å². The molecule has 0 amide bonds. The second-order valence-electron chi connectivity index (χ2n) is 3.60. The molecule has 72 valence electrons. The lowest BCUT2D eigenvalue weighted by molar-refractivity contribution is -0.122. The van der Waals surface area contributed by atoms with E-state index in [1.165, 1.54) is 12.2 Å². The summed E-state index contributed by atoms with van der Waals surface area (Å²) in [6, 6.07) is 0. The molecule has 1 unspecified atom stereocenters. The van der Waals surface area contributed by atoms with E-state index in [4.69, 9.17) is 0 Å². The molecule has 0 bridgehead atoms. The van der Waals surface area contributed by atoms with Crippen LogP contribution in [0.2, 0.25) is 0 Å². The molecule has 12 heavy (non-hydrogen) atoms. The zero-order chi connectivity index (χ0) is 9.56. The van der Waals surface area contributed by atoms with Gasteiger partial charge in [0.1, 0.15) is 5.78 Å². The third-order valence-electron chi connectivity index (χ3n) is 2.19. The first kappa shape index (κ1) is 12.0. The van der Waals surface area contributed by atoms with Crippen molar-refractivity contribution in [3.8, 4) is 0 Å². The first-order valence-corrected chi connectivity index (χ1v) is 5.98. The molecule has 0 rings (SSSR count). The summed E-state index contributed by atoms with van der Waals surface area (Å²) >= 11 is 1.86. The van der Waals surface area contributed by atoms with Crippen molar-refractivity contribution >= 4 is 17.5 Å². The standard InChI is InChI=1S/C10H20OS/c1-8(2)10(9(3)11)6-5-7-12-4/h8,10H,5-7H2,1-4H3. The fourth-order valence-electron chi connectivity index (χ4n) is 1.45. The van der Waals surface area contributed by atoms with Crippen LogP contribution in [-0.4, -0.2) is 17.8 Å². The van der Waals surface area contributed by atoms with Crippen LogP contribution < -0.4 is 0 Å². The topological polar surface area (TPSA) is 17.1 Å². The van der Waals surface area contributed by atoms with Gasteiger partial charge in [0.25, 0.3) is 0 Å². The Bertz CT molecular complexity index is 132. The van der Waals surface area contributed by atoms with Gasteiger partial charge in [-0.15, -0.1) is 0 Å². The van der Waals surface area contributed by atoms with E-state index in [-0.39, 0.29) is 5.92 Å². The highest BCUT2D eigenvalue weighted by Crippen LogP contribution is 2.18. The molecule has 0 saturated heterocycles. The minimum Gasteiger partial charge on any atom is -0.300 e. The van der Waals surface area contributed by atoms with E-state index in [0.29, 0.717) is 11.7 Å². The predicted molar refractivity (Wildman–Crippen MR) is 56.6 cm³/mol. The smallest absolute Gasteiger partial charge is 0.133 e. The summed E-state index contributed by atoms with van der Waals surface area (Å²) in [7, 11) is 0. The molecule has 0 N–H and O–H groups in total. The second kappa shape index (κ2) is 6.53. The molecule has 0 aliphatic heterocycles. The second-order valence-corrected chi connectivity index (χ2v) is 4.58. The van der Waals surface area contributed by atoms with Gasteiger partial charge in [-0.25, -0.2) is 0 Å². The fourth-order valence-corrected chi connectivity index (χ4v) is 1.91. The maximum Gasteiger partial charge on any atom is 0.133 e. The number of ketones is 1. The van der Waals surface area contributed by atoms with Crippen LogP contribution in [0.3, 0.4) is 0 Å². The molecule has 0 heterocycles. The SMILES string of the molecule is CSCCCC(C(C)=O)C(C)C. The zero-order valence-corrected chi connectivity index (χ0v) is 9.41. The molecule has 0 aliphatic carbocycles. The molecule has 0 fully saturated rings. The number of carbonyl (C=O) groups excluding carboxylic acids is 1. The lowest BCUT2D eigenvalue weighted by atomic mass is 9.88. The van der Waals surface area contributed by atoms with Crippen LogP contribution in [0.15, 0.2) is 0 Å². The highest BCUT2D eigenvalue weighted by atomic mass is 32.2. The Hall–Kier alpha value is 0.0200. The molecule has 0 saturated carbocycles. The van der Waals surface area contributed by atoms with Crippen LogP contribution >= 0.6 is 11.8 Å². The average Bonchev–Trinajstić information content (AvgIpc) is 1.96. The van der Waals surface area contributed by atoms with E-state index in [0.717, 1.165) is 6.42 Å². The summed E-state index contributed by atoms with van der Waals surface area (Å²) in [6.45, 7) is 5.97. The van der Waals surface area contributed by atoms with Crippen molar-refractivity contribution in [2.24, 2.45) is 11.8 Å². The molecule has 0 aliphatic rings. The Labute approximate surface area is 80.3 Å². The number of hydrogen-bond donors (Lipinski definition) is 0. The average molecular weight is 188 g/mol. The predicted octanol–water partition coefficient (Wildman–Crippen LogP) is 2.99. The van der Waals surface area contributed by atoms with Crippen molar-refractivity contribution in [1.82, 2.24) is 0 Å². The van der Waals surface area contributed by atoms with Crippen LogP contribution in [0.25, 0.3) is 0 Å². The number of thioether (sulfide) groups is 1. The molecule has 0 aromatic carbocycles. The Balaban J connectivity index is 3.72. The minimum atomic E-state index is 0.289. The summed E-state index contributed by atoms with van der Waals surface area (Å²) in [6.07, 6.45) is 4.34. The minimum absolute atomic E-state index is 0.289. The van der Waals surface area contributed by atoms with Crippen molar-refractivity contribution in [3.63, 3.8) is 0 Å². The largest absolute Gasteiger partial charge is 0.300 e. The third kappa shape index (κ3) is 4.81. The highest BCUT2D eigenvalue weighted by Gasteiger charge is 2.17. The van der Waals surface area contributed by atoms with Crippen LogP contribution in [-0.2, 0) is 4.79 Å². The van der Waals surface area contributed by atoms with E-state index in [1.807, 2.05) is 11.8 Å². The number of Topliss-reactive ketones (excluding diaryl/α,β-unsaturated/α-hetero) is 1. The molecule has 1 atom stereocenters. The van der Waals surface area contributed by atoms with Crippen molar-refractivity contribution in [3.05, 3.63) is 0 Å². The Morgan fingerprint density at radius 1 is 1.42 bits per heavy atom. The highest BCUT2D eigenvalue weighted by molar-refractivity contribution is 7.98. The Morgan fingerprint density at radius 2 is 2.00 bits per heavy atom. The molecule has 0 spiro atoms. The molecule has 1 nitrogen and oxygen atoms in total. The van der Waals surface area contributed by atoms with Gasteiger partial charge in [0.2, 0.25) is 0 Å². The van der Waals surface area contributed by atoms with Gasteiger partial charge in [-0.2, -0.15) is 11.8 Å². The molecule has 0 aromatic rings. The van der Waals surface area contributed by atoms with E-state index in [2.05, 4.69) is 20.1 Å². The van der Waals surface area contributed by atoms with Gasteiger partial charge >= 0.3 is 0 Å². The van der Waals surface area contributed by atoms with Crippen LogP contribution in [0.4, 0.5) is 0 Å². The lowest BCUT2D eigenvalue weighted by Crippen LogP contribution is -2.17. The van der Waals surface area contributed by atoms with Gasteiger partial charge < -0.3 is 0 Å². The molecule has 0 radical (unpaired) electrons. The maximum atomic E-state index is 11.2. The number of hydrogen-bond acceptors (Lipinski definition) is 2. The van der Waals surface area contributed by atoms with Crippen molar-refractivity contribution in [1.29, 1.82) is 0 Å². The monoisotopic (exact) mass is 188 g/mol. The van der Waals surface area contributed by atoms with E-state index < -0.39 is 0 Å². The normalized spacial score (nSPS) is 13.4. The molecular weight excluding hydrogens is 168 g/mol. The van der Waals surface area contributed by atoms with Gasteiger partial charge in [0.05, 0.1) is 0 Å². The van der Waals surface area contributed by atoms with Crippen molar-refractivity contribution < 1.29 is 4.79 Å². The summed E-state index contributed by atoms with van der Waals surface area (Å²) in [4.78, 5) is 11.2. The molecule has 0 aromatic heterocycles. The van der Waals surface area contributed by atoms with Gasteiger partial charge in [-0.1, -0.05) is 13.8 Å². The van der Waals surface area contributed by atoms with Gasteiger partial charge in [0, 0.05) is 5.92 Å². The Kier molecular flexibility index (Phi) is 6.54. The molecule has 2 heteroatoms. The van der Waals surface area contributed by atoms with Crippen LogP contribution in [0.5, 0.6) is 0 Å². The first-order chi connectivity index (χ1) is 5.59. The molecular formula is C10H20OS.